The van der Waals surface area contributed by atoms with Crippen molar-refractivity contribution >= 4 is 17.2 Å². The van der Waals surface area contributed by atoms with E-state index in [0.29, 0.717) is 6.54 Å². The van der Waals surface area contributed by atoms with Crippen LogP contribution in [0, 0.1) is 5.82 Å². The third-order valence-electron chi connectivity index (χ3n) is 2.21. The molecule has 1 aromatic carbocycles. The number of aromatic nitrogens is 1. The Hall–Kier alpha value is -1.83. The molecular formula is C12H12FN3O2S. The molecule has 1 amide bonds. The number of nitrogens with zero attached hydrogens (tertiary/aromatic N) is 1. The third-order valence-corrected chi connectivity index (χ3v) is 3.15. The summed E-state index contributed by atoms with van der Waals surface area (Å²) in [5.74, 6) is -0.820. The van der Waals surface area contributed by atoms with Crippen molar-refractivity contribution in [3.05, 3.63) is 41.2 Å². The van der Waals surface area contributed by atoms with Crippen molar-refractivity contribution < 1.29 is 14.0 Å². The van der Waals surface area contributed by atoms with Crippen molar-refractivity contribution in [2.75, 3.05) is 6.61 Å². The first-order chi connectivity index (χ1) is 9.15. The first-order valence-corrected chi connectivity index (χ1v) is 6.36. The molecule has 0 aliphatic heterocycles. The highest BCUT2D eigenvalue weighted by atomic mass is 32.1. The van der Waals surface area contributed by atoms with Crippen LogP contribution in [0.4, 0.5) is 4.39 Å². The van der Waals surface area contributed by atoms with E-state index in [1.54, 1.807) is 12.1 Å². The molecule has 0 bridgehead atoms. The zero-order valence-corrected chi connectivity index (χ0v) is 10.7. The van der Waals surface area contributed by atoms with Crippen LogP contribution >= 0.6 is 11.3 Å². The lowest BCUT2D eigenvalue weighted by atomic mass is 10.2. The van der Waals surface area contributed by atoms with Gasteiger partial charge in [0.1, 0.15) is 17.4 Å². The molecule has 2 aromatic rings. The molecule has 0 fully saturated rings. The van der Waals surface area contributed by atoms with Gasteiger partial charge in [-0.1, -0.05) is 0 Å². The fourth-order valence-electron chi connectivity index (χ4n) is 1.36. The molecule has 5 nitrogen and oxygen atoms in total. The number of amides is 1. The smallest absolute Gasteiger partial charge is 0.245 e. The molecule has 0 radical (unpaired) electrons. The minimum absolute atomic E-state index is 0.186. The van der Waals surface area contributed by atoms with E-state index in [-0.39, 0.29) is 12.4 Å². The summed E-state index contributed by atoms with van der Waals surface area (Å²) in [7, 11) is 0. The van der Waals surface area contributed by atoms with Crippen molar-refractivity contribution in [1.82, 2.24) is 10.5 Å². The largest absolute Gasteiger partial charge is 0.368 e. The van der Waals surface area contributed by atoms with Crippen LogP contribution in [0.15, 0.2) is 29.6 Å². The summed E-state index contributed by atoms with van der Waals surface area (Å²) in [6.45, 7) is 0.180. The molecule has 0 spiro atoms. The Labute approximate surface area is 113 Å². The number of nitrogens with two attached hydrogens (primary N) is 1. The van der Waals surface area contributed by atoms with Crippen molar-refractivity contribution in [1.29, 1.82) is 0 Å². The van der Waals surface area contributed by atoms with Gasteiger partial charge in [0, 0.05) is 10.9 Å². The Kier molecular flexibility index (Phi) is 4.56. The van der Waals surface area contributed by atoms with E-state index >= 15 is 0 Å². The number of benzene rings is 1. The van der Waals surface area contributed by atoms with Gasteiger partial charge in [0.2, 0.25) is 5.91 Å². The highest BCUT2D eigenvalue weighted by Gasteiger charge is 2.05. The van der Waals surface area contributed by atoms with Crippen LogP contribution < -0.4 is 11.2 Å². The summed E-state index contributed by atoms with van der Waals surface area (Å²) < 4.78 is 12.8. The summed E-state index contributed by atoms with van der Waals surface area (Å²) in [5, 5.41) is 2.66. The minimum atomic E-state index is -0.544. The third kappa shape index (κ3) is 4.09. The molecule has 100 valence electrons. The zero-order valence-electron chi connectivity index (χ0n) is 9.93. The number of carbonyl (C=O) groups is 1. The molecule has 0 atom stereocenters. The van der Waals surface area contributed by atoms with Crippen molar-refractivity contribution in [3.63, 3.8) is 0 Å². The number of hydrogen-bond acceptors (Lipinski definition) is 5. The molecule has 3 N–H and O–H groups in total. The maximum absolute atomic E-state index is 12.8. The van der Waals surface area contributed by atoms with Gasteiger partial charge in [-0.15, -0.1) is 11.3 Å². The second kappa shape index (κ2) is 6.37. The quantitative estimate of drug-likeness (QED) is 0.620. The van der Waals surface area contributed by atoms with Crippen molar-refractivity contribution in [2.45, 2.75) is 6.54 Å². The molecule has 0 aliphatic carbocycles. The normalized spacial score (nSPS) is 10.6. The second-order valence-electron chi connectivity index (χ2n) is 3.73. The summed E-state index contributed by atoms with van der Waals surface area (Å²) in [5.41, 5.74) is 9.14. The molecule has 19 heavy (non-hydrogen) atoms. The maximum atomic E-state index is 12.8. The summed E-state index contributed by atoms with van der Waals surface area (Å²) >= 11 is 1.45. The second-order valence-corrected chi connectivity index (χ2v) is 4.59. The molecule has 1 heterocycles. The Morgan fingerprint density at radius 1 is 1.42 bits per heavy atom. The Morgan fingerprint density at radius 2 is 2.16 bits per heavy atom. The standard InChI is InChI=1S/C12H12FN3O2S/c13-9-3-1-8(2-4-9)12-16-10(7-19-12)5-15-18-6-11(14)17/h1-4,7,15H,5-6H2,(H2,14,17). The maximum Gasteiger partial charge on any atom is 0.245 e. The van der Waals surface area contributed by atoms with Crippen LogP contribution in [0.25, 0.3) is 10.6 Å². The number of nitrogens with one attached hydrogen (secondary N) is 1. The number of carbonyl (C=O) groups excluding carboxylic acids is 1. The van der Waals surface area contributed by atoms with Crippen LogP contribution in [0.3, 0.4) is 0 Å². The van der Waals surface area contributed by atoms with Gasteiger partial charge in [0.15, 0.2) is 0 Å². The highest BCUT2D eigenvalue weighted by molar-refractivity contribution is 7.13. The predicted molar refractivity (Wildman–Crippen MR) is 69.5 cm³/mol. The Bertz CT molecular complexity index is 556. The van der Waals surface area contributed by atoms with E-state index in [1.807, 2.05) is 5.38 Å². The number of hydrogen-bond donors (Lipinski definition) is 2. The van der Waals surface area contributed by atoms with E-state index in [1.165, 1.54) is 23.5 Å². The van der Waals surface area contributed by atoms with Gasteiger partial charge in [-0.25, -0.2) is 9.37 Å². The van der Waals surface area contributed by atoms with Gasteiger partial charge in [0.05, 0.1) is 12.2 Å². The topological polar surface area (TPSA) is 77.2 Å². The molecule has 0 aliphatic rings. The Balaban J connectivity index is 1.91. The number of rotatable bonds is 6. The van der Waals surface area contributed by atoms with Crippen LogP contribution in [0.1, 0.15) is 5.69 Å². The molecule has 0 saturated heterocycles. The van der Waals surface area contributed by atoms with E-state index in [4.69, 9.17) is 10.6 Å². The van der Waals surface area contributed by atoms with Gasteiger partial charge in [-0.05, 0) is 24.3 Å². The van der Waals surface area contributed by atoms with Gasteiger partial charge >= 0.3 is 0 Å². The fourth-order valence-corrected chi connectivity index (χ4v) is 2.19. The van der Waals surface area contributed by atoms with Gasteiger partial charge < -0.3 is 5.73 Å². The minimum Gasteiger partial charge on any atom is -0.368 e. The average molecular weight is 281 g/mol. The van der Waals surface area contributed by atoms with Crippen molar-refractivity contribution in [2.24, 2.45) is 5.73 Å². The highest BCUT2D eigenvalue weighted by Crippen LogP contribution is 2.23. The first-order valence-electron chi connectivity index (χ1n) is 5.48. The van der Waals surface area contributed by atoms with Crippen LogP contribution in [-0.2, 0) is 16.2 Å². The lowest BCUT2D eigenvalue weighted by molar-refractivity contribution is -0.125. The zero-order chi connectivity index (χ0) is 13.7. The molecule has 0 saturated carbocycles. The van der Waals surface area contributed by atoms with E-state index in [2.05, 4.69) is 10.5 Å². The monoisotopic (exact) mass is 281 g/mol. The van der Waals surface area contributed by atoms with E-state index in [0.717, 1.165) is 16.3 Å². The molecule has 0 unspecified atom stereocenters. The van der Waals surface area contributed by atoms with Crippen molar-refractivity contribution in [3.8, 4) is 10.6 Å². The number of thiazole rings is 1. The number of halogens is 1. The van der Waals surface area contributed by atoms with E-state index < -0.39 is 5.91 Å². The average Bonchev–Trinajstić information content (AvgIpc) is 2.84. The van der Waals surface area contributed by atoms with E-state index in [9.17, 15) is 9.18 Å². The van der Waals surface area contributed by atoms with Crippen LogP contribution in [0.2, 0.25) is 0 Å². The molecule has 7 heteroatoms. The predicted octanol–water partition coefficient (Wildman–Crippen LogP) is 1.46. The van der Waals surface area contributed by atoms with Crippen LogP contribution in [-0.4, -0.2) is 17.5 Å². The fraction of sp³-hybridized carbons (Fsp3) is 0.167. The SMILES string of the molecule is NC(=O)CONCc1csc(-c2ccc(F)cc2)n1. The lowest BCUT2D eigenvalue weighted by Gasteiger charge is -2.00. The first kappa shape index (κ1) is 13.6. The van der Waals surface area contributed by atoms with Gasteiger partial charge in [-0.3, -0.25) is 9.63 Å². The number of primary amides is 1. The van der Waals surface area contributed by atoms with Crippen LogP contribution in [0.5, 0.6) is 0 Å². The molecular weight excluding hydrogens is 269 g/mol. The Morgan fingerprint density at radius 3 is 2.84 bits per heavy atom. The lowest BCUT2D eigenvalue weighted by Crippen LogP contribution is -2.24. The van der Waals surface area contributed by atoms with Gasteiger partial charge in [-0.2, -0.15) is 5.48 Å². The summed E-state index contributed by atoms with van der Waals surface area (Å²) in [6.07, 6.45) is 0. The molecule has 2 rings (SSSR count). The summed E-state index contributed by atoms with van der Waals surface area (Å²) in [6, 6.07) is 6.14. The summed E-state index contributed by atoms with van der Waals surface area (Å²) in [4.78, 5) is 19.6. The van der Waals surface area contributed by atoms with Gasteiger partial charge in [0.25, 0.3) is 0 Å². The molecule has 1 aromatic heterocycles. The number of hydroxylamine groups is 1.